The second-order valence-electron chi connectivity index (χ2n) is 2.25. The summed E-state index contributed by atoms with van der Waals surface area (Å²) in [6.45, 7) is -1.35. The number of nitrogens with zero attached hydrogens (tertiary/aromatic N) is 2. The largest absolute Gasteiger partial charge is 0.464 e. The van der Waals surface area contributed by atoms with Crippen molar-refractivity contribution >= 4 is 5.97 Å². The van der Waals surface area contributed by atoms with Crippen LogP contribution >= 0.6 is 0 Å². The maximum Gasteiger partial charge on any atom is 0.356 e. The van der Waals surface area contributed by atoms with E-state index >= 15 is 0 Å². The molecule has 0 atom stereocenters. The number of aryl methyl sites for hydroxylation is 2. The molecule has 1 rings (SSSR count). The van der Waals surface area contributed by atoms with Crippen LogP contribution in [-0.4, -0.2) is 22.8 Å². The van der Waals surface area contributed by atoms with Gasteiger partial charge >= 0.3 is 5.97 Å². The Labute approximate surface area is 88.7 Å². The topological polar surface area (TPSA) is 44.1 Å². The number of methoxy groups -OCH3 is 1. The number of aromatic nitrogens is 2. The van der Waals surface area contributed by atoms with Gasteiger partial charge in [0.2, 0.25) is 0 Å². The number of hydrogen-bond acceptors (Lipinski definition) is 3. The first kappa shape index (κ1) is 3.44. The fourth-order valence-corrected chi connectivity index (χ4v) is 0.846. The van der Waals surface area contributed by atoms with E-state index in [0.717, 1.165) is 6.07 Å². The van der Waals surface area contributed by atoms with Gasteiger partial charge in [-0.2, -0.15) is 5.10 Å². The summed E-state index contributed by atoms with van der Waals surface area (Å²) in [4.78, 5) is 11.7. The molecule has 1 aromatic rings. The van der Waals surface area contributed by atoms with Crippen LogP contribution in [-0.2, 0) is 18.1 Å². The van der Waals surface area contributed by atoms with Crippen molar-refractivity contribution in [2.24, 2.45) is 6.98 Å². The summed E-state index contributed by atoms with van der Waals surface area (Å²) in [5.41, 5.74) is -0.919. The maximum absolute atomic E-state index is 11.7. The highest BCUT2D eigenvalue weighted by molar-refractivity contribution is 5.87. The molecule has 13 heavy (non-hydrogen) atoms. The summed E-state index contributed by atoms with van der Waals surface area (Å²) < 4.78 is 62.2. The molecule has 0 aromatic carbocycles. The standard InChI is InChI=1S/C9H14N2O2/c1-4-5-7-6-8(9(12)13-3)11(2)10-7/h6H,4-5H2,1-3H3/i2D3,3D3,5D2. The zero-order valence-corrected chi connectivity index (χ0v) is 7.00. The van der Waals surface area contributed by atoms with Gasteiger partial charge in [0, 0.05) is 13.8 Å². The fraction of sp³-hybridized carbons (Fsp3) is 0.556. The molecule has 4 nitrogen and oxygen atoms in total. The Bertz CT molecular complexity index is 531. The van der Waals surface area contributed by atoms with Gasteiger partial charge in [-0.15, -0.1) is 0 Å². The highest BCUT2D eigenvalue weighted by atomic mass is 16.5. The minimum Gasteiger partial charge on any atom is -0.464 e. The molecule has 0 bridgehead atoms. The third-order valence-corrected chi connectivity index (χ3v) is 1.37. The average molecular weight is 190 g/mol. The van der Waals surface area contributed by atoms with Crippen molar-refractivity contribution in [2.75, 3.05) is 7.04 Å². The van der Waals surface area contributed by atoms with Gasteiger partial charge < -0.3 is 4.74 Å². The molecule has 0 aliphatic heterocycles. The van der Waals surface area contributed by atoms with Crippen molar-refractivity contribution < 1.29 is 20.5 Å². The number of carbonyl (C=O) groups excluding carboxylic acids is 1. The molecular weight excluding hydrogens is 168 g/mol. The normalized spacial score (nSPS) is 22.2. The molecular formula is C9H14N2O2. The molecule has 0 aliphatic carbocycles. The van der Waals surface area contributed by atoms with E-state index < -0.39 is 32.0 Å². The molecule has 0 saturated heterocycles. The molecule has 0 unspecified atom stereocenters. The smallest absolute Gasteiger partial charge is 0.356 e. The predicted molar refractivity (Wildman–Crippen MR) is 48.5 cm³/mol. The minimum absolute atomic E-state index is 0.00122. The molecule has 0 spiro atoms. The summed E-state index contributed by atoms with van der Waals surface area (Å²) in [7, 11) is -3.04. The monoisotopic (exact) mass is 190 g/mol. The minimum atomic E-state index is -3.04. The van der Waals surface area contributed by atoms with Gasteiger partial charge in [0.05, 0.1) is 16.8 Å². The lowest BCUT2D eigenvalue weighted by molar-refractivity contribution is 0.0588. The zero-order chi connectivity index (χ0) is 16.6. The van der Waals surface area contributed by atoms with Crippen LogP contribution in [0, 0.1) is 0 Å². The molecule has 0 radical (unpaired) electrons. The average Bonchev–Trinajstić information content (AvgIpc) is 2.71. The number of rotatable bonds is 3. The van der Waals surface area contributed by atoms with Crippen LogP contribution in [0.5, 0.6) is 0 Å². The maximum atomic E-state index is 11.7. The van der Waals surface area contributed by atoms with E-state index in [-0.39, 0.29) is 12.1 Å². The summed E-state index contributed by atoms with van der Waals surface area (Å²) in [5.74, 6) is -1.41. The summed E-state index contributed by atoms with van der Waals surface area (Å²) in [6, 6.07) is 0.893. The van der Waals surface area contributed by atoms with Crippen LogP contribution < -0.4 is 0 Å². The fourth-order valence-electron chi connectivity index (χ4n) is 0.846. The van der Waals surface area contributed by atoms with Gasteiger partial charge in [-0.05, 0) is 12.4 Å². The second kappa shape index (κ2) is 4.07. The van der Waals surface area contributed by atoms with Crippen molar-refractivity contribution in [3.8, 4) is 0 Å². The summed E-state index contributed by atoms with van der Waals surface area (Å²) >= 11 is 0. The highest BCUT2D eigenvalue weighted by Crippen LogP contribution is 2.06. The van der Waals surface area contributed by atoms with Gasteiger partial charge in [0.15, 0.2) is 0 Å². The molecule has 0 aliphatic rings. The van der Waals surface area contributed by atoms with Crippen molar-refractivity contribution in [3.63, 3.8) is 0 Å². The zero-order valence-electron chi connectivity index (χ0n) is 15.0. The number of ether oxygens (including phenoxy) is 1. The molecule has 72 valence electrons. The lowest BCUT2D eigenvalue weighted by Gasteiger charge is -1.96. The third-order valence-electron chi connectivity index (χ3n) is 1.37. The molecule has 0 N–H and O–H groups in total. The van der Waals surface area contributed by atoms with Crippen LogP contribution in [0.15, 0.2) is 6.07 Å². The van der Waals surface area contributed by atoms with E-state index in [1.54, 1.807) is 0 Å². The first-order valence-corrected chi connectivity index (χ1v) is 3.62. The lowest BCUT2D eigenvalue weighted by atomic mass is 10.2. The van der Waals surface area contributed by atoms with Crippen LogP contribution in [0.4, 0.5) is 0 Å². The van der Waals surface area contributed by atoms with Crippen LogP contribution in [0.3, 0.4) is 0 Å². The van der Waals surface area contributed by atoms with Crippen molar-refractivity contribution in [2.45, 2.75) is 19.7 Å². The second-order valence-corrected chi connectivity index (χ2v) is 2.25. The first-order chi connectivity index (χ1) is 9.28. The van der Waals surface area contributed by atoms with E-state index in [1.165, 1.54) is 6.92 Å². The van der Waals surface area contributed by atoms with Gasteiger partial charge in [-0.1, -0.05) is 13.3 Å². The molecule has 4 heteroatoms. The lowest BCUT2D eigenvalue weighted by Crippen LogP contribution is -2.07. The van der Waals surface area contributed by atoms with E-state index in [9.17, 15) is 4.79 Å². The Kier molecular flexibility index (Phi) is 1.08. The van der Waals surface area contributed by atoms with Crippen LogP contribution in [0.2, 0.25) is 0 Å². The Hall–Kier alpha value is -1.32. The first-order valence-electron chi connectivity index (χ1n) is 7.62. The predicted octanol–water partition coefficient (Wildman–Crippen LogP) is 1.16. The molecule has 0 saturated carbocycles. The van der Waals surface area contributed by atoms with E-state index in [2.05, 4.69) is 9.84 Å². The number of hydrogen-bond donors (Lipinski definition) is 0. The van der Waals surface area contributed by atoms with Gasteiger partial charge in [0.1, 0.15) is 5.69 Å². The van der Waals surface area contributed by atoms with Gasteiger partial charge in [-0.25, -0.2) is 4.79 Å². The van der Waals surface area contributed by atoms with E-state index in [0.29, 0.717) is 4.68 Å². The Balaban J connectivity index is 3.33. The molecule has 1 heterocycles. The number of esters is 1. The summed E-state index contributed by atoms with van der Waals surface area (Å²) in [6.07, 6.45) is -1.95. The van der Waals surface area contributed by atoms with Crippen molar-refractivity contribution in [3.05, 3.63) is 17.5 Å². The molecule has 0 amide bonds. The van der Waals surface area contributed by atoms with Crippen molar-refractivity contribution in [1.82, 2.24) is 9.78 Å². The van der Waals surface area contributed by atoms with Crippen LogP contribution in [0.1, 0.15) is 40.5 Å². The van der Waals surface area contributed by atoms with E-state index in [4.69, 9.17) is 11.0 Å². The van der Waals surface area contributed by atoms with E-state index in [1.807, 2.05) is 0 Å². The summed E-state index contributed by atoms with van der Waals surface area (Å²) in [5, 5.41) is 3.57. The van der Waals surface area contributed by atoms with Gasteiger partial charge in [-0.3, -0.25) is 4.68 Å². The number of carbonyl (C=O) groups is 1. The molecule has 0 fully saturated rings. The Morgan fingerprint density at radius 1 is 1.92 bits per heavy atom. The third kappa shape index (κ3) is 2.08. The van der Waals surface area contributed by atoms with Crippen molar-refractivity contribution in [1.29, 1.82) is 0 Å². The van der Waals surface area contributed by atoms with Crippen LogP contribution in [0.25, 0.3) is 0 Å². The quantitative estimate of drug-likeness (QED) is 0.672. The van der Waals surface area contributed by atoms with Gasteiger partial charge in [0.25, 0.3) is 0 Å². The Morgan fingerprint density at radius 3 is 3.38 bits per heavy atom. The Morgan fingerprint density at radius 2 is 2.77 bits per heavy atom. The highest BCUT2D eigenvalue weighted by Gasteiger charge is 2.12. The SMILES string of the molecule is [2H]C([2H])([2H])OC(=O)c1cc(C([2H])([2H])CC)nn1C([2H])([2H])[2H]. The molecule has 1 aromatic heterocycles.